The Bertz CT molecular complexity index is 1230. The summed E-state index contributed by atoms with van der Waals surface area (Å²) in [6.45, 7) is 5.34. The predicted octanol–water partition coefficient (Wildman–Crippen LogP) is 6.17. The quantitative estimate of drug-likeness (QED) is 0.329. The number of halogens is 3. The zero-order valence-electron chi connectivity index (χ0n) is 18.7. The Morgan fingerprint density at radius 3 is 2.32 bits per heavy atom. The van der Waals surface area contributed by atoms with Gasteiger partial charge in [0.05, 0.1) is 0 Å². The highest BCUT2D eigenvalue weighted by molar-refractivity contribution is 6.30. The van der Waals surface area contributed by atoms with Crippen molar-refractivity contribution in [1.29, 1.82) is 0 Å². The van der Waals surface area contributed by atoms with Gasteiger partial charge in [0.1, 0.15) is 11.9 Å². The fourth-order valence-electron chi connectivity index (χ4n) is 4.34. The molecule has 5 rings (SSSR count). The van der Waals surface area contributed by atoms with Crippen LogP contribution in [0.3, 0.4) is 0 Å². The lowest BCUT2D eigenvalue weighted by Gasteiger charge is -2.39. The van der Waals surface area contributed by atoms with Crippen molar-refractivity contribution in [2.45, 2.75) is 13.0 Å². The molecule has 176 valence electrons. The zero-order valence-corrected chi connectivity index (χ0v) is 20.3. The molecule has 1 fully saturated rings. The Balaban J connectivity index is 0.00000274. The van der Waals surface area contributed by atoms with Gasteiger partial charge in [0.2, 0.25) is 11.8 Å². The third-order valence-corrected chi connectivity index (χ3v) is 6.31. The topological polar surface area (TPSA) is 45.4 Å². The van der Waals surface area contributed by atoms with Crippen molar-refractivity contribution in [3.63, 3.8) is 0 Å². The second-order valence-corrected chi connectivity index (χ2v) is 8.66. The van der Waals surface area contributed by atoms with E-state index in [9.17, 15) is 4.39 Å². The third-order valence-electron chi connectivity index (χ3n) is 6.07. The molecule has 5 nitrogen and oxygen atoms in total. The van der Waals surface area contributed by atoms with E-state index < -0.39 is 0 Å². The molecule has 1 atom stereocenters. The normalized spacial score (nSPS) is 15.1. The number of aromatic nitrogens is 2. The SMILES string of the molecule is Cc1ccc(Cl)cc1N1CCN(C(c2ccc(F)cc2)c2nnc(-c3ccccc3)o2)CC1.Cl. The van der Waals surface area contributed by atoms with E-state index in [1.54, 1.807) is 12.1 Å². The van der Waals surface area contributed by atoms with E-state index in [0.717, 1.165) is 48.0 Å². The van der Waals surface area contributed by atoms with Crippen LogP contribution in [-0.2, 0) is 0 Å². The van der Waals surface area contributed by atoms with Crippen molar-refractivity contribution in [2.75, 3.05) is 31.1 Å². The lowest BCUT2D eigenvalue weighted by atomic mass is 10.0. The highest BCUT2D eigenvalue weighted by atomic mass is 35.5. The second-order valence-electron chi connectivity index (χ2n) is 8.22. The van der Waals surface area contributed by atoms with Crippen LogP contribution in [0.2, 0.25) is 5.02 Å². The molecule has 1 saturated heterocycles. The van der Waals surface area contributed by atoms with Gasteiger partial charge < -0.3 is 9.32 Å². The minimum Gasteiger partial charge on any atom is -0.419 e. The first kappa shape index (κ1) is 24.2. The summed E-state index contributed by atoms with van der Waals surface area (Å²) in [6.07, 6.45) is 0. The Morgan fingerprint density at radius 2 is 1.62 bits per heavy atom. The summed E-state index contributed by atoms with van der Waals surface area (Å²) in [5.74, 6) is 0.716. The monoisotopic (exact) mass is 498 g/mol. The van der Waals surface area contributed by atoms with Crippen molar-refractivity contribution < 1.29 is 8.81 Å². The van der Waals surface area contributed by atoms with Crippen molar-refractivity contribution in [3.8, 4) is 11.5 Å². The Labute approximate surface area is 209 Å². The number of piperazine rings is 1. The average Bonchev–Trinajstić information content (AvgIpc) is 3.33. The van der Waals surface area contributed by atoms with Crippen molar-refractivity contribution in [3.05, 3.63) is 101 Å². The molecule has 0 bridgehead atoms. The molecular formula is C26H25Cl2FN4O. The number of rotatable bonds is 5. The summed E-state index contributed by atoms with van der Waals surface area (Å²) in [6, 6.07) is 22.0. The highest BCUT2D eigenvalue weighted by Crippen LogP contribution is 2.32. The maximum absolute atomic E-state index is 13.6. The van der Waals surface area contributed by atoms with Gasteiger partial charge in [-0.1, -0.05) is 48.0 Å². The van der Waals surface area contributed by atoms with Crippen LogP contribution in [0.1, 0.15) is 23.1 Å². The van der Waals surface area contributed by atoms with Gasteiger partial charge >= 0.3 is 0 Å². The average molecular weight is 499 g/mol. The summed E-state index contributed by atoms with van der Waals surface area (Å²) in [7, 11) is 0. The lowest BCUT2D eigenvalue weighted by Crippen LogP contribution is -2.48. The molecule has 0 amide bonds. The maximum Gasteiger partial charge on any atom is 0.247 e. The van der Waals surface area contributed by atoms with Gasteiger partial charge in [0.25, 0.3) is 0 Å². The number of benzene rings is 3. The minimum absolute atomic E-state index is 0. The van der Waals surface area contributed by atoms with Gasteiger partial charge in [0, 0.05) is 42.5 Å². The first-order valence-electron chi connectivity index (χ1n) is 11.0. The summed E-state index contributed by atoms with van der Waals surface area (Å²) >= 11 is 6.25. The largest absolute Gasteiger partial charge is 0.419 e. The summed E-state index contributed by atoms with van der Waals surface area (Å²) in [5.41, 5.74) is 4.15. The molecular weight excluding hydrogens is 474 g/mol. The molecule has 1 aromatic heterocycles. The van der Waals surface area contributed by atoms with Gasteiger partial charge in [-0.3, -0.25) is 4.90 Å². The van der Waals surface area contributed by atoms with Crippen molar-refractivity contribution >= 4 is 29.7 Å². The van der Waals surface area contributed by atoms with Crippen LogP contribution in [0.4, 0.5) is 10.1 Å². The maximum atomic E-state index is 13.6. The van der Waals surface area contributed by atoms with E-state index in [4.69, 9.17) is 16.0 Å². The molecule has 3 aromatic carbocycles. The highest BCUT2D eigenvalue weighted by Gasteiger charge is 2.31. The first-order valence-corrected chi connectivity index (χ1v) is 11.4. The summed E-state index contributed by atoms with van der Waals surface area (Å²) in [4.78, 5) is 4.66. The van der Waals surface area contributed by atoms with E-state index in [1.807, 2.05) is 42.5 Å². The van der Waals surface area contributed by atoms with E-state index in [-0.39, 0.29) is 24.3 Å². The third kappa shape index (κ3) is 5.09. The molecule has 0 radical (unpaired) electrons. The Hall–Kier alpha value is -2.93. The van der Waals surface area contributed by atoms with Gasteiger partial charge in [-0.05, 0) is 54.4 Å². The van der Waals surface area contributed by atoms with Crippen LogP contribution < -0.4 is 4.90 Å². The van der Waals surface area contributed by atoms with E-state index >= 15 is 0 Å². The van der Waals surface area contributed by atoms with Gasteiger partial charge in [-0.15, -0.1) is 22.6 Å². The second kappa shape index (κ2) is 10.6. The van der Waals surface area contributed by atoms with Gasteiger partial charge in [-0.25, -0.2) is 4.39 Å². The molecule has 1 aliphatic rings. The number of aryl methyl sites for hydroxylation is 1. The minimum atomic E-state index is -0.269. The molecule has 4 aromatic rings. The number of hydrogen-bond donors (Lipinski definition) is 0. The van der Waals surface area contributed by atoms with Crippen LogP contribution in [0.15, 0.2) is 77.2 Å². The van der Waals surface area contributed by atoms with Crippen LogP contribution in [0.25, 0.3) is 11.5 Å². The standard InChI is InChI=1S/C26H24ClFN4O.ClH/c1-18-7-10-21(27)17-23(18)31-13-15-32(16-14-31)24(19-8-11-22(28)12-9-19)26-30-29-25(33-26)20-5-3-2-4-6-20;/h2-12,17,24H,13-16H2,1H3;1H. The predicted molar refractivity (Wildman–Crippen MR) is 135 cm³/mol. The van der Waals surface area contributed by atoms with Crippen molar-refractivity contribution in [2.24, 2.45) is 0 Å². The molecule has 0 aliphatic carbocycles. The molecule has 0 saturated carbocycles. The molecule has 1 unspecified atom stereocenters. The Kier molecular flexibility index (Phi) is 7.51. The van der Waals surface area contributed by atoms with Crippen LogP contribution in [-0.4, -0.2) is 41.3 Å². The lowest BCUT2D eigenvalue weighted by molar-refractivity contribution is 0.188. The summed E-state index contributed by atoms with van der Waals surface area (Å²) in [5, 5.41) is 9.41. The fourth-order valence-corrected chi connectivity index (χ4v) is 4.51. The van der Waals surface area contributed by atoms with Gasteiger partial charge in [-0.2, -0.15) is 0 Å². The molecule has 1 aliphatic heterocycles. The molecule has 0 N–H and O–H groups in total. The van der Waals surface area contributed by atoms with E-state index in [0.29, 0.717) is 11.8 Å². The van der Waals surface area contributed by atoms with Crippen LogP contribution in [0, 0.1) is 12.7 Å². The molecule has 2 heterocycles. The van der Waals surface area contributed by atoms with Gasteiger partial charge in [0.15, 0.2) is 0 Å². The molecule has 8 heteroatoms. The van der Waals surface area contributed by atoms with Crippen molar-refractivity contribution in [1.82, 2.24) is 15.1 Å². The smallest absolute Gasteiger partial charge is 0.247 e. The van der Waals surface area contributed by atoms with Crippen LogP contribution in [0.5, 0.6) is 0 Å². The summed E-state index contributed by atoms with van der Waals surface area (Å²) < 4.78 is 19.8. The molecule has 0 spiro atoms. The number of hydrogen-bond acceptors (Lipinski definition) is 5. The van der Waals surface area contributed by atoms with Crippen LogP contribution >= 0.6 is 24.0 Å². The number of anilines is 1. The first-order chi connectivity index (χ1) is 16.1. The Morgan fingerprint density at radius 1 is 0.912 bits per heavy atom. The zero-order chi connectivity index (χ0) is 22.8. The van der Waals surface area contributed by atoms with E-state index in [2.05, 4.69) is 33.0 Å². The molecule has 34 heavy (non-hydrogen) atoms. The fraction of sp³-hybridized carbons (Fsp3) is 0.231. The van der Waals surface area contributed by atoms with E-state index in [1.165, 1.54) is 17.7 Å². The number of nitrogens with zero attached hydrogens (tertiary/aromatic N) is 4.